The normalized spacial score (nSPS) is 20.0. The van der Waals surface area contributed by atoms with Gasteiger partial charge >= 0.3 is 0 Å². The van der Waals surface area contributed by atoms with Gasteiger partial charge in [-0.2, -0.15) is 4.98 Å². The minimum Gasteiger partial charge on any atom is -0.473 e. The number of anilines is 1. The zero-order chi connectivity index (χ0) is 14.5. The lowest BCUT2D eigenvalue weighted by molar-refractivity contribution is 0.148. The average Bonchev–Trinajstić information content (AvgIpc) is 2.46. The molecule has 1 heterocycles. The average molecular weight is 291 g/mol. The number of nitrogens with zero attached hydrogens (tertiary/aromatic N) is 3. The van der Waals surface area contributed by atoms with E-state index in [-0.39, 0.29) is 6.61 Å². The van der Waals surface area contributed by atoms with Crippen LogP contribution in [0.5, 0.6) is 5.88 Å². The summed E-state index contributed by atoms with van der Waals surface area (Å²) in [6.45, 7) is 0.762. The van der Waals surface area contributed by atoms with Crippen LogP contribution in [0.3, 0.4) is 0 Å². The number of aliphatic hydroxyl groups excluding tert-OH is 1. The lowest BCUT2D eigenvalue weighted by Gasteiger charge is -2.38. The summed E-state index contributed by atoms with van der Waals surface area (Å²) in [5, 5.41) is 9.28. The van der Waals surface area contributed by atoms with Gasteiger partial charge in [0.2, 0.25) is 5.88 Å². The molecule has 2 fully saturated rings. The highest BCUT2D eigenvalue weighted by atomic mass is 16.5. The summed E-state index contributed by atoms with van der Waals surface area (Å²) in [7, 11) is 0. The van der Waals surface area contributed by atoms with E-state index in [2.05, 4.69) is 14.9 Å². The lowest BCUT2D eigenvalue weighted by atomic mass is 9.91. The van der Waals surface area contributed by atoms with Crippen LogP contribution in [-0.4, -0.2) is 40.4 Å². The summed E-state index contributed by atoms with van der Waals surface area (Å²) in [6.07, 6.45) is 13.4. The van der Waals surface area contributed by atoms with Gasteiger partial charge in [-0.05, 0) is 44.9 Å². The second-order valence-corrected chi connectivity index (χ2v) is 6.10. The van der Waals surface area contributed by atoms with Crippen LogP contribution in [-0.2, 0) is 0 Å². The Labute approximate surface area is 126 Å². The molecular weight excluding hydrogens is 266 g/mol. The van der Waals surface area contributed by atoms with E-state index in [1.807, 2.05) is 0 Å². The highest BCUT2D eigenvalue weighted by Gasteiger charge is 2.26. The van der Waals surface area contributed by atoms with Gasteiger partial charge in [0.25, 0.3) is 0 Å². The highest BCUT2D eigenvalue weighted by Crippen LogP contribution is 2.29. The van der Waals surface area contributed by atoms with E-state index in [4.69, 9.17) is 4.74 Å². The smallest absolute Gasteiger partial charge is 0.234 e. The fourth-order valence-corrected chi connectivity index (χ4v) is 3.18. The Bertz CT molecular complexity index is 445. The van der Waals surface area contributed by atoms with Gasteiger partial charge in [0, 0.05) is 12.6 Å². The number of hydrogen-bond donors (Lipinski definition) is 1. The third kappa shape index (κ3) is 3.64. The molecule has 0 unspecified atom stereocenters. The third-order valence-electron chi connectivity index (χ3n) is 4.59. The van der Waals surface area contributed by atoms with Crippen molar-refractivity contribution in [3.05, 3.63) is 12.4 Å². The van der Waals surface area contributed by atoms with Crippen LogP contribution in [0.25, 0.3) is 0 Å². The van der Waals surface area contributed by atoms with Crippen LogP contribution in [0.15, 0.2) is 12.4 Å². The molecule has 0 bridgehead atoms. The monoisotopic (exact) mass is 291 g/mol. The molecule has 0 aromatic carbocycles. The standard InChI is InChI=1S/C16H25N3O2/c20-10-9-19(13-5-4-6-13)15-11-17-12-16(18-15)21-14-7-2-1-3-8-14/h11-14,20H,1-10H2. The molecule has 0 radical (unpaired) electrons. The van der Waals surface area contributed by atoms with Gasteiger partial charge in [0.15, 0.2) is 5.82 Å². The van der Waals surface area contributed by atoms with Gasteiger partial charge in [0.1, 0.15) is 6.10 Å². The Balaban J connectivity index is 1.68. The molecule has 0 atom stereocenters. The van der Waals surface area contributed by atoms with E-state index in [0.717, 1.165) is 18.7 Å². The van der Waals surface area contributed by atoms with Crippen molar-refractivity contribution < 1.29 is 9.84 Å². The van der Waals surface area contributed by atoms with Crippen LogP contribution in [0.4, 0.5) is 5.82 Å². The molecule has 0 saturated heterocycles. The molecule has 0 amide bonds. The molecule has 1 N–H and O–H groups in total. The first-order chi connectivity index (χ1) is 10.4. The first-order valence-electron chi connectivity index (χ1n) is 8.23. The number of hydrogen-bond acceptors (Lipinski definition) is 5. The highest BCUT2D eigenvalue weighted by molar-refractivity contribution is 5.39. The second kappa shape index (κ2) is 7.07. The predicted molar refractivity (Wildman–Crippen MR) is 81.6 cm³/mol. The Morgan fingerprint density at radius 2 is 1.90 bits per heavy atom. The summed E-state index contributed by atoms with van der Waals surface area (Å²) in [6, 6.07) is 0.497. The summed E-state index contributed by atoms with van der Waals surface area (Å²) in [5.74, 6) is 1.46. The van der Waals surface area contributed by atoms with Crippen LogP contribution >= 0.6 is 0 Å². The maximum atomic E-state index is 9.28. The SMILES string of the molecule is OCCN(c1cncc(OC2CCCCC2)n1)C1CCC1. The van der Waals surface area contributed by atoms with Crippen molar-refractivity contribution in [3.8, 4) is 5.88 Å². The fraction of sp³-hybridized carbons (Fsp3) is 0.750. The molecule has 5 heteroatoms. The van der Waals surface area contributed by atoms with Crippen LogP contribution in [0, 0.1) is 0 Å². The molecule has 5 nitrogen and oxygen atoms in total. The molecule has 21 heavy (non-hydrogen) atoms. The fourth-order valence-electron chi connectivity index (χ4n) is 3.18. The van der Waals surface area contributed by atoms with Crippen molar-refractivity contribution >= 4 is 5.82 Å². The maximum absolute atomic E-state index is 9.28. The Hall–Kier alpha value is -1.36. The molecule has 3 rings (SSSR count). The van der Waals surface area contributed by atoms with Crippen LogP contribution in [0.1, 0.15) is 51.4 Å². The minimum atomic E-state index is 0.145. The topological polar surface area (TPSA) is 58.5 Å². The zero-order valence-electron chi connectivity index (χ0n) is 12.6. The molecule has 0 spiro atoms. The van der Waals surface area contributed by atoms with Gasteiger partial charge in [-0.15, -0.1) is 0 Å². The van der Waals surface area contributed by atoms with Gasteiger partial charge in [0.05, 0.1) is 19.0 Å². The maximum Gasteiger partial charge on any atom is 0.234 e. The number of aliphatic hydroxyl groups is 1. The summed E-state index contributed by atoms with van der Waals surface area (Å²) in [4.78, 5) is 11.1. The summed E-state index contributed by atoms with van der Waals surface area (Å²) in [5.41, 5.74) is 0. The van der Waals surface area contributed by atoms with E-state index < -0.39 is 0 Å². The number of ether oxygens (including phenoxy) is 1. The largest absolute Gasteiger partial charge is 0.473 e. The molecule has 116 valence electrons. The van der Waals surface area contributed by atoms with Gasteiger partial charge in [-0.25, -0.2) is 0 Å². The molecule has 1 aromatic heterocycles. The van der Waals surface area contributed by atoms with Crippen molar-refractivity contribution in [1.82, 2.24) is 9.97 Å². The Kier molecular flexibility index (Phi) is 4.91. The quantitative estimate of drug-likeness (QED) is 0.873. The first-order valence-corrected chi connectivity index (χ1v) is 8.23. The minimum absolute atomic E-state index is 0.145. The Morgan fingerprint density at radius 1 is 1.10 bits per heavy atom. The summed E-state index contributed by atoms with van der Waals surface area (Å²) < 4.78 is 5.99. The van der Waals surface area contributed by atoms with Gasteiger partial charge in [-0.3, -0.25) is 4.98 Å². The van der Waals surface area contributed by atoms with E-state index in [9.17, 15) is 5.11 Å². The lowest BCUT2D eigenvalue weighted by Crippen LogP contribution is -2.42. The number of aromatic nitrogens is 2. The molecule has 0 aliphatic heterocycles. The molecule has 1 aromatic rings. The van der Waals surface area contributed by atoms with E-state index >= 15 is 0 Å². The van der Waals surface area contributed by atoms with Crippen LogP contribution < -0.4 is 9.64 Å². The van der Waals surface area contributed by atoms with Crippen molar-refractivity contribution in [2.24, 2.45) is 0 Å². The van der Waals surface area contributed by atoms with E-state index in [1.54, 1.807) is 12.4 Å². The van der Waals surface area contributed by atoms with Crippen molar-refractivity contribution in [1.29, 1.82) is 0 Å². The molecule has 2 aliphatic rings. The van der Waals surface area contributed by atoms with E-state index in [0.29, 0.717) is 24.6 Å². The predicted octanol–water partition coefficient (Wildman–Crippen LogP) is 2.54. The number of rotatable bonds is 6. The van der Waals surface area contributed by atoms with Gasteiger partial charge in [-0.1, -0.05) is 6.42 Å². The first kappa shape index (κ1) is 14.6. The van der Waals surface area contributed by atoms with Gasteiger partial charge < -0.3 is 14.7 Å². The van der Waals surface area contributed by atoms with Crippen molar-refractivity contribution in [2.45, 2.75) is 63.5 Å². The molecular formula is C16H25N3O2. The summed E-state index contributed by atoms with van der Waals surface area (Å²) >= 11 is 0. The van der Waals surface area contributed by atoms with E-state index in [1.165, 1.54) is 38.5 Å². The second-order valence-electron chi connectivity index (χ2n) is 6.10. The van der Waals surface area contributed by atoms with Crippen molar-refractivity contribution in [2.75, 3.05) is 18.1 Å². The molecule has 2 saturated carbocycles. The Morgan fingerprint density at radius 3 is 2.57 bits per heavy atom. The molecule has 2 aliphatic carbocycles. The zero-order valence-corrected chi connectivity index (χ0v) is 12.6. The van der Waals surface area contributed by atoms with Crippen molar-refractivity contribution in [3.63, 3.8) is 0 Å². The van der Waals surface area contributed by atoms with Crippen LogP contribution in [0.2, 0.25) is 0 Å². The third-order valence-corrected chi connectivity index (χ3v) is 4.59.